The van der Waals surface area contributed by atoms with Crippen molar-refractivity contribution in [2.75, 3.05) is 18.4 Å². The highest BCUT2D eigenvalue weighted by Crippen LogP contribution is 2.21. The van der Waals surface area contributed by atoms with Gasteiger partial charge in [0.05, 0.1) is 10.6 Å². The largest absolute Gasteiger partial charge is 0.354 e. The van der Waals surface area contributed by atoms with Gasteiger partial charge in [-0.2, -0.15) is 0 Å². The van der Waals surface area contributed by atoms with Crippen LogP contribution in [0.2, 0.25) is 5.02 Å². The maximum Gasteiger partial charge on any atom is 0.319 e. The highest BCUT2D eigenvalue weighted by molar-refractivity contribution is 6.34. The van der Waals surface area contributed by atoms with E-state index in [1.165, 1.54) is 6.07 Å². The molecule has 1 saturated heterocycles. The van der Waals surface area contributed by atoms with Gasteiger partial charge in [0.25, 0.3) is 5.91 Å². The highest BCUT2D eigenvalue weighted by atomic mass is 35.5. The zero-order valence-corrected chi connectivity index (χ0v) is 13.5. The monoisotopic (exact) mass is 338 g/mol. The van der Waals surface area contributed by atoms with E-state index in [2.05, 4.69) is 21.3 Å². The van der Waals surface area contributed by atoms with Gasteiger partial charge in [-0.3, -0.25) is 9.59 Å². The molecule has 1 aliphatic heterocycles. The summed E-state index contributed by atoms with van der Waals surface area (Å²) in [6.07, 6.45) is 1.39. The summed E-state index contributed by atoms with van der Waals surface area (Å²) >= 11 is 6.08. The number of hydrogen-bond acceptors (Lipinski definition) is 3. The van der Waals surface area contributed by atoms with Gasteiger partial charge < -0.3 is 21.3 Å². The van der Waals surface area contributed by atoms with E-state index in [9.17, 15) is 14.4 Å². The van der Waals surface area contributed by atoms with Gasteiger partial charge in [-0.05, 0) is 31.0 Å². The molecule has 1 fully saturated rings. The van der Waals surface area contributed by atoms with Crippen molar-refractivity contribution < 1.29 is 14.4 Å². The molecule has 1 heterocycles. The molecule has 124 valence electrons. The lowest BCUT2D eigenvalue weighted by Gasteiger charge is -2.12. The van der Waals surface area contributed by atoms with E-state index >= 15 is 0 Å². The molecule has 0 aliphatic carbocycles. The van der Waals surface area contributed by atoms with E-state index in [1.807, 2.05) is 6.92 Å². The molecule has 0 unspecified atom stereocenters. The topological polar surface area (TPSA) is 99.3 Å². The minimum atomic E-state index is -0.524. The Hall–Kier alpha value is -2.28. The molecule has 1 aromatic carbocycles. The Bertz CT molecular complexity index is 621. The third-order valence-electron chi connectivity index (χ3n) is 3.36. The van der Waals surface area contributed by atoms with Gasteiger partial charge in [0.15, 0.2) is 0 Å². The van der Waals surface area contributed by atoms with E-state index < -0.39 is 12.1 Å². The lowest BCUT2D eigenvalue weighted by atomic mass is 10.2. The van der Waals surface area contributed by atoms with Crippen molar-refractivity contribution in [1.29, 1.82) is 0 Å². The number of hydrogen-bond donors (Lipinski definition) is 4. The predicted molar refractivity (Wildman–Crippen MR) is 87.6 cm³/mol. The molecular formula is C15H19ClN4O3. The Kier molecular flexibility index (Phi) is 5.81. The molecule has 1 atom stereocenters. The molecule has 0 saturated carbocycles. The number of benzene rings is 1. The minimum Gasteiger partial charge on any atom is -0.354 e. The second-order valence-corrected chi connectivity index (χ2v) is 5.59. The molecule has 7 nitrogen and oxygen atoms in total. The third kappa shape index (κ3) is 4.59. The maximum atomic E-state index is 11.9. The summed E-state index contributed by atoms with van der Waals surface area (Å²) in [7, 11) is 0. The average molecular weight is 339 g/mol. The number of urea groups is 1. The zero-order chi connectivity index (χ0) is 16.8. The molecule has 4 N–H and O–H groups in total. The van der Waals surface area contributed by atoms with Crippen molar-refractivity contribution in [1.82, 2.24) is 16.0 Å². The summed E-state index contributed by atoms with van der Waals surface area (Å²) in [5.74, 6) is -0.448. The molecule has 2 rings (SSSR count). The van der Waals surface area contributed by atoms with Crippen molar-refractivity contribution in [3.8, 4) is 0 Å². The fourth-order valence-electron chi connectivity index (χ4n) is 2.17. The molecule has 23 heavy (non-hydrogen) atoms. The number of carbonyl (C=O) groups excluding carboxylic acids is 3. The normalized spacial score (nSPS) is 16.6. The Labute approximate surface area is 139 Å². The fourth-order valence-corrected chi connectivity index (χ4v) is 2.43. The van der Waals surface area contributed by atoms with Crippen LogP contribution in [-0.4, -0.2) is 37.0 Å². The minimum absolute atomic E-state index is 0.193. The van der Waals surface area contributed by atoms with Gasteiger partial charge in [-0.25, -0.2) is 4.79 Å². The van der Waals surface area contributed by atoms with E-state index in [4.69, 9.17) is 11.6 Å². The quantitative estimate of drug-likeness (QED) is 0.654. The fraction of sp³-hybridized carbons (Fsp3) is 0.400. The van der Waals surface area contributed by atoms with Crippen LogP contribution in [0.25, 0.3) is 0 Å². The molecule has 0 bridgehead atoms. The number of rotatable bonds is 5. The number of carbonyl (C=O) groups is 3. The molecule has 1 aliphatic rings. The number of anilines is 1. The average Bonchev–Trinajstić information content (AvgIpc) is 2.90. The number of halogens is 1. The Morgan fingerprint density at radius 2 is 2.17 bits per heavy atom. The molecule has 4 amide bonds. The van der Waals surface area contributed by atoms with Gasteiger partial charge in [0.2, 0.25) is 5.91 Å². The molecule has 0 radical (unpaired) electrons. The second kappa shape index (κ2) is 7.82. The lowest BCUT2D eigenvalue weighted by Crippen LogP contribution is -2.42. The van der Waals surface area contributed by atoms with Crippen LogP contribution in [-0.2, 0) is 4.79 Å². The first-order chi connectivity index (χ1) is 11.0. The van der Waals surface area contributed by atoms with E-state index in [0.29, 0.717) is 30.8 Å². The van der Waals surface area contributed by atoms with Crippen LogP contribution in [0.3, 0.4) is 0 Å². The second-order valence-electron chi connectivity index (χ2n) is 5.18. The SMILES string of the molecule is CCCNC(=O)c1ccc(NC(=O)N[C@@H]2CCNC2=O)cc1Cl. The van der Waals surface area contributed by atoms with Gasteiger partial charge in [-0.1, -0.05) is 18.5 Å². The molecular weight excluding hydrogens is 320 g/mol. The smallest absolute Gasteiger partial charge is 0.319 e. The van der Waals surface area contributed by atoms with Crippen molar-refractivity contribution in [3.05, 3.63) is 28.8 Å². The summed E-state index contributed by atoms with van der Waals surface area (Å²) in [6.45, 7) is 3.08. The van der Waals surface area contributed by atoms with Crippen LogP contribution in [0.15, 0.2) is 18.2 Å². The Balaban J connectivity index is 1.95. The van der Waals surface area contributed by atoms with Crippen molar-refractivity contribution in [2.45, 2.75) is 25.8 Å². The van der Waals surface area contributed by atoms with Crippen LogP contribution in [0.4, 0.5) is 10.5 Å². The summed E-state index contributed by atoms with van der Waals surface area (Å²) in [4.78, 5) is 35.1. The molecule has 0 spiro atoms. The summed E-state index contributed by atoms with van der Waals surface area (Å²) in [5.41, 5.74) is 0.791. The van der Waals surface area contributed by atoms with Crippen molar-refractivity contribution in [2.24, 2.45) is 0 Å². The zero-order valence-electron chi connectivity index (χ0n) is 12.7. The standard InChI is InChI=1S/C15H19ClN4O3/c1-2-6-17-13(21)10-4-3-9(8-11(10)16)19-15(23)20-12-5-7-18-14(12)22/h3-4,8,12H,2,5-7H2,1H3,(H,17,21)(H,18,22)(H2,19,20,23)/t12-/m1/s1. The summed E-state index contributed by atoms with van der Waals surface area (Å²) in [6, 6.07) is 3.61. The van der Waals surface area contributed by atoms with Crippen LogP contribution < -0.4 is 21.3 Å². The Morgan fingerprint density at radius 3 is 2.78 bits per heavy atom. The number of amides is 4. The van der Waals surface area contributed by atoms with Crippen molar-refractivity contribution in [3.63, 3.8) is 0 Å². The van der Waals surface area contributed by atoms with Gasteiger partial charge in [0, 0.05) is 18.8 Å². The van der Waals surface area contributed by atoms with Gasteiger partial charge in [-0.15, -0.1) is 0 Å². The number of nitrogens with one attached hydrogen (secondary N) is 4. The van der Waals surface area contributed by atoms with Gasteiger partial charge in [0.1, 0.15) is 6.04 Å². The van der Waals surface area contributed by atoms with E-state index in [0.717, 1.165) is 6.42 Å². The summed E-state index contributed by atoms with van der Waals surface area (Å²) in [5, 5.41) is 10.8. The summed E-state index contributed by atoms with van der Waals surface area (Å²) < 4.78 is 0. The maximum absolute atomic E-state index is 11.9. The molecule has 0 aromatic heterocycles. The van der Waals surface area contributed by atoms with E-state index in [1.54, 1.807) is 12.1 Å². The first-order valence-electron chi connectivity index (χ1n) is 7.44. The molecule has 1 aromatic rings. The van der Waals surface area contributed by atoms with Crippen LogP contribution in [0.5, 0.6) is 0 Å². The van der Waals surface area contributed by atoms with Crippen LogP contribution >= 0.6 is 11.6 Å². The van der Waals surface area contributed by atoms with E-state index in [-0.39, 0.29) is 16.8 Å². The first kappa shape index (κ1) is 17.1. The lowest BCUT2D eigenvalue weighted by molar-refractivity contribution is -0.120. The Morgan fingerprint density at radius 1 is 1.39 bits per heavy atom. The first-order valence-corrected chi connectivity index (χ1v) is 7.82. The third-order valence-corrected chi connectivity index (χ3v) is 3.67. The molecule has 8 heteroatoms. The van der Waals surface area contributed by atoms with Gasteiger partial charge >= 0.3 is 6.03 Å². The highest BCUT2D eigenvalue weighted by Gasteiger charge is 2.25. The van der Waals surface area contributed by atoms with Crippen LogP contribution in [0.1, 0.15) is 30.1 Å². The van der Waals surface area contributed by atoms with Crippen LogP contribution in [0, 0.1) is 0 Å². The predicted octanol–water partition coefficient (Wildman–Crippen LogP) is 1.49. The van der Waals surface area contributed by atoms with Crippen molar-refractivity contribution >= 4 is 35.1 Å².